The van der Waals surface area contributed by atoms with Crippen LogP contribution in [0, 0.1) is 3.57 Å². The third kappa shape index (κ3) is 3.28. The van der Waals surface area contributed by atoms with Crippen molar-refractivity contribution in [1.29, 1.82) is 0 Å². The molecule has 0 aliphatic heterocycles. The third-order valence-electron chi connectivity index (χ3n) is 2.51. The fourth-order valence-electron chi connectivity index (χ4n) is 1.58. The Bertz CT molecular complexity index is 718. The summed E-state index contributed by atoms with van der Waals surface area (Å²) in [6, 6.07) is 6.78. The molecule has 0 unspecified atom stereocenters. The van der Waals surface area contributed by atoms with E-state index in [9.17, 15) is 4.79 Å². The Labute approximate surface area is 157 Å². The lowest BCUT2D eigenvalue weighted by Gasteiger charge is -2.10. The Morgan fingerprint density at radius 2 is 1.65 bits per heavy atom. The average molecular weight is 525 g/mol. The van der Waals surface area contributed by atoms with E-state index in [4.69, 9.17) is 46.4 Å². The van der Waals surface area contributed by atoms with Crippen molar-refractivity contribution in [2.75, 3.05) is 0 Å². The Morgan fingerprint density at radius 3 is 2.30 bits per heavy atom. The molecule has 0 aromatic heterocycles. The highest BCUT2D eigenvalue weighted by molar-refractivity contribution is 14.1. The van der Waals surface area contributed by atoms with Gasteiger partial charge in [-0.1, -0.05) is 62.3 Å². The molecular weight excluding hydrogens is 521 g/mol. The molecule has 2 rings (SSSR count). The van der Waals surface area contributed by atoms with Crippen LogP contribution in [0.15, 0.2) is 28.7 Å². The second kappa shape index (κ2) is 6.71. The molecule has 2 aromatic carbocycles. The van der Waals surface area contributed by atoms with Gasteiger partial charge >= 0.3 is 0 Å². The monoisotopic (exact) mass is 522 g/mol. The first-order valence-electron chi connectivity index (χ1n) is 5.15. The number of ketones is 1. The summed E-state index contributed by atoms with van der Waals surface area (Å²) in [5.41, 5.74) is 0.640. The minimum Gasteiger partial charge on any atom is -0.288 e. The summed E-state index contributed by atoms with van der Waals surface area (Å²) in [6.07, 6.45) is 0. The largest absolute Gasteiger partial charge is 0.288 e. The van der Waals surface area contributed by atoms with E-state index in [2.05, 4.69) is 38.5 Å². The molecule has 0 fully saturated rings. The molecule has 0 spiro atoms. The van der Waals surface area contributed by atoms with Crippen molar-refractivity contribution in [3.05, 3.63) is 63.5 Å². The minimum absolute atomic E-state index is 0.0601. The Balaban J connectivity index is 2.66. The maximum Gasteiger partial charge on any atom is 0.197 e. The summed E-state index contributed by atoms with van der Waals surface area (Å²) in [4.78, 5) is 12.6. The SMILES string of the molecule is O=C(c1cc(Br)ccc1I)c1c(Cl)cc(Cl)c(Cl)c1Cl. The maximum absolute atomic E-state index is 12.6. The van der Waals surface area contributed by atoms with Crippen molar-refractivity contribution < 1.29 is 4.79 Å². The first-order chi connectivity index (χ1) is 9.32. The van der Waals surface area contributed by atoms with E-state index in [0.29, 0.717) is 5.56 Å². The second-order valence-electron chi connectivity index (χ2n) is 3.80. The second-order valence-corrected chi connectivity index (χ2v) is 7.44. The first kappa shape index (κ1) is 16.8. The van der Waals surface area contributed by atoms with Gasteiger partial charge in [0.2, 0.25) is 0 Å². The predicted octanol–water partition coefficient (Wildman–Crippen LogP) is 6.90. The van der Waals surface area contributed by atoms with Crippen molar-refractivity contribution in [3.8, 4) is 0 Å². The van der Waals surface area contributed by atoms with Gasteiger partial charge in [0.25, 0.3) is 0 Å². The van der Waals surface area contributed by atoms with Gasteiger partial charge in [0, 0.05) is 13.6 Å². The zero-order chi connectivity index (χ0) is 15.0. The van der Waals surface area contributed by atoms with Crippen LogP contribution < -0.4 is 0 Å². The van der Waals surface area contributed by atoms with E-state index in [-0.39, 0.29) is 31.4 Å². The van der Waals surface area contributed by atoms with E-state index in [1.54, 1.807) is 6.07 Å². The number of benzene rings is 2. The van der Waals surface area contributed by atoms with Crippen LogP contribution in [0.1, 0.15) is 15.9 Å². The number of carbonyl (C=O) groups is 1. The van der Waals surface area contributed by atoms with Crippen molar-refractivity contribution in [2.24, 2.45) is 0 Å². The van der Waals surface area contributed by atoms with Crippen molar-refractivity contribution >= 4 is 90.7 Å². The van der Waals surface area contributed by atoms with E-state index < -0.39 is 0 Å². The van der Waals surface area contributed by atoms with E-state index >= 15 is 0 Å². The molecule has 2 aromatic rings. The normalized spacial score (nSPS) is 10.7. The van der Waals surface area contributed by atoms with Crippen LogP contribution in [-0.4, -0.2) is 5.78 Å². The zero-order valence-electron chi connectivity index (χ0n) is 9.49. The number of rotatable bonds is 2. The van der Waals surface area contributed by atoms with Gasteiger partial charge in [0.1, 0.15) is 0 Å². The summed E-state index contributed by atoms with van der Waals surface area (Å²) in [7, 11) is 0. The molecule has 0 heterocycles. The van der Waals surface area contributed by atoms with E-state index in [0.717, 1.165) is 8.04 Å². The van der Waals surface area contributed by atoms with Crippen LogP contribution in [0.5, 0.6) is 0 Å². The molecule has 0 aliphatic rings. The Kier molecular flexibility index (Phi) is 5.65. The summed E-state index contributed by atoms with van der Waals surface area (Å²) >= 11 is 29.4. The van der Waals surface area contributed by atoms with Gasteiger partial charge in [-0.05, 0) is 46.9 Å². The molecule has 0 saturated heterocycles. The molecule has 0 aliphatic carbocycles. The average Bonchev–Trinajstić information content (AvgIpc) is 2.39. The Morgan fingerprint density at radius 1 is 1.00 bits per heavy atom. The van der Waals surface area contributed by atoms with Crippen molar-refractivity contribution in [2.45, 2.75) is 0 Å². The lowest BCUT2D eigenvalue weighted by atomic mass is 10.0. The molecule has 0 radical (unpaired) electrons. The number of hydrogen-bond donors (Lipinski definition) is 0. The highest BCUT2D eigenvalue weighted by Crippen LogP contribution is 2.39. The summed E-state index contributed by atoms with van der Waals surface area (Å²) in [5.74, 6) is -0.302. The van der Waals surface area contributed by atoms with Gasteiger partial charge in [-0.3, -0.25) is 4.79 Å². The first-order valence-corrected chi connectivity index (χ1v) is 8.54. The van der Waals surface area contributed by atoms with Crippen LogP contribution in [0.2, 0.25) is 20.1 Å². The number of halogens is 6. The highest BCUT2D eigenvalue weighted by Gasteiger charge is 2.22. The number of hydrogen-bond acceptors (Lipinski definition) is 1. The van der Waals surface area contributed by atoms with Crippen LogP contribution in [0.3, 0.4) is 0 Å². The van der Waals surface area contributed by atoms with Gasteiger partial charge in [-0.15, -0.1) is 0 Å². The molecule has 104 valence electrons. The summed E-state index contributed by atoms with van der Waals surface area (Å²) in [6.45, 7) is 0. The smallest absolute Gasteiger partial charge is 0.197 e. The molecule has 1 nitrogen and oxygen atoms in total. The molecule has 0 bridgehead atoms. The van der Waals surface area contributed by atoms with Gasteiger partial charge in [0.15, 0.2) is 5.78 Å². The maximum atomic E-state index is 12.6. The van der Waals surface area contributed by atoms with Crippen LogP contribution in [0.25, 0.3) is 0 Å². The minimum atomic E-state index is -0.302. The zero-order valence-corrected chi connectivity index (χ0v) is 16.3. The van der Waals surface area contributed by atoms with Gasteiger partial charge in [-0.2, -0.15) is 0 Å². The lowest BCUT2D eigenvalue weighted by Crippen LogP contribution is -2.06. The summed E-state index contributed by atoms with van der Waals surface area (Å²) < 4.78 is 1.57. The van der Waals surface area contributed by atoms with Gasteiger partial charge in [0.05, 0.1) is 25.7 Å². The van der Waals surface area contributed by atoms with Gasteiger partial charge < -0.3 is 0 Å². The molecule has 0 amide bonds. The molecule has 0 N–H and O–H groups in total. The van der Waals surface area contributed by atoms with Crippen molar-refractivity contribution in [3.63, 3.8) is 0 Å². The molecule has 0 atom stereocenters. The lowest BCUT2D eigenvalue weighted by molar-refractivity contribution is 0.103. The summed E-state index contributed by atoms with van der Waals surface area (Å²) in [5, 5.41) is 0.559. The number of carbonyl (C=O) groups excluding carboxylic acids is 1. The highest BCUT2D eigenvalue weighted by atomic mass is 127. The van der Waals surface area contributed by atoms with E-state index in [1.807, 2.05) is 12.1 Å². The third-order valence-corrected chi connectivity index (χ3v) is 5.51. The molecule has 0 saturated carbocycles. The predicted molar refractivity (Wildman–Crippen MR) is 96.8 cm³/mol. The quantitative estimate of drug-likeness (QED) is 0.181. The molecular formula is C13H4BrCl4IO. The van der Waals surface area contributed by atoms with Crippen LogP contribution in [0.4, 0.5) is 0 Å². The van der Waals surface area contributed by atoms with Crippen LogP contribution >= 0.6 is 84.9 Å². The standard InChI is InChI=1S/C13H4BrCl4IO/c14-5-1-2-9(19)6(3-5)13(20)10-7(15)4-8(16)11(17)12(10)18/h1-4H. The fourth-order valence-corrected chi connectivity index (χ4v) is 3.61. The molecule has 7 heteroatoms. The van der Waals surface area contributed by atoms with Gasteiger partial charge in [-0.25, -0.2) is 0 Å². The van der Waals surface area contributed by atoms with E-state index in [1.165, 1.54) is 6.07 Å². The molecule has 20 heavy (non-hydrogen) atoms. The Hall–Kier alpha value is 0.480. The van der Waals surface area contributed by atoms with Crippen LogP contribution in [-0.2, 0) is 0 Å². The van der Waals surface area contributed by atoms with Crippen molar-refractivity contribution in [1.82, 2.24) is 0 Å². The topological polar surface area (TPSA) is 17.1 Å². The fraction of sp³-hybridized carbons (Fsp3) is 0.